The third-order valence-corrected chi connectivity index (χ3v) is 4.38. The molecule has 0 radical (unpaired) electrons. The molecule has 1 unspecified atom stereocenters. The Balaban J connectivity index is 1.66. The molecule has 7 heteroatoms. The summed E-state index contributed by atoms with van der Waals surface area (Å²) in [7, 11) is 1.55. The Morgan fingerprint density at radius 2 is 1.45 bits per heavy atom. The van der Waals surface area contributed by atoms with Crippen molar-refractivity contribution < 1.29 is 23.9 Å². The molecule has 0 spiro atoms. The zero-order valence-corrected chi connectivity index (χ0v) is 16.9. The van der Waals surface area contributed by atoms with Crippen molar-refractivity contribution in [1.29, 1.82) is 0 Å². The van der Waals surface area contributed by atoms with Gasteiger partial charge in [0.15, 0.2) is 0 Å². The van der Waals surface area contributed by atoms with Crippen LogP contribution in [0.25, 0.3) is 0 Å². The summed E-state index contributed by atoms with van der Waals surface area (Å²) in [5.74, 6) is -1.00. The van der Waals surface area contributed by atoms with E-state index >= 15 is 0 Å². The molecular weight excluding hydrogens is 396 g/mol. The van der Waals surface area contributed by atoms with E-state index in [2.05, 4.69) is 10.6 Å². The maximum absolute atomic E-state index is 12.9. The molecule has 0 fully saturated rings. The van der Waals surface area contributed by atoms with Gasteiger partial charge in [0.25, 0.3) is 11.8 Å². The Labute approximate surface area is 180 Å². The highest BCUT2D eigenvalue weighted by Gasteiger charge is 2.25. The quantitative estimate of drug-likeness (QED) is 0.547. The van der Waals surface area contributed by atoms with Gasteiger partial charge < -0.3 is 20.1 Å². The molecule has 0 aliphatic carbocycles. The number of ether oxygens (including phenoxy) is 2. The van der Waals surface area contributed by atoms with Gasteiger partial charge in [-0.05, 0) is 36.4 Å². The number of hydrogen-bond acceptors (Lipinski definition) is 5. The molecule has 2 amide bonds. The van der Waals surface area contributed by atoms with Crippen molar-refractivity contribution in [3.63, 3.8) is 0 Å². The molecule has 1 atom stereocenters. The van der Waals surface area contributed by atoms with Crippen molar-refractivity contribution in [3.8, 4) is 5.75 Å². The number of carbonyl (C=O) groups is 3. The van der Waals surface area contributed by atoms with Gasteiger partial charge in [0.05, 0.1) is 7.11 Å². The molecule has 0 saturated carbocycles. The van der Waals surface area contributed by atoms with E-state index in [4.69, 9.17) is 9.47 Å². The summed E-state index contributed by atoms with van der Waals surface area (Å²) in [6, 6.07) is 23.9. The van der Waals surface area contributed by atoms with Crippen LogP contribution in [0.2, 0.25) is 0 Å². The number of esters is 1. The second-order valence-corrected chi connectivity index (χ2v) is 6.55. The number of hydrogen-bond donors (Lipinski definition) is 2. The molecule has 3 aromatic carbocycles. The summed E-state index contributed by atoms with van der Waals surface area (Å²) in [6.07, 6.45) is -1.18. The Kier molecular flexibility index (Phi) is 7.37. The monoisotopic (exact) mass is 418 g/mol. The van der Waals surface area contributed by atoms with Gasteiger partial charge in [-0.15, -0.1) is 0 Å². The van der Waals surface area contributed by atoms with Crippen molar-refractivity contribution in [2.45, 2.75) is 6.10 Å². The van der Waals surface area contributed by atoms with Gasteiger partial charge in [0.1, 0.15) is 12.3 Å². The van der Waals surface area contributed by atoms with Crippen molar-refractivity contribution in [1.82, 2.24) is 5.32 Å². The summed E-state index contributed by atoms with van der Waals surface area (Å²) in [6.45, 7) is -0.368. The minimum absolute atomic E-state index is 0.368. The Morgan fingerprint density at radius 3 is 2.06 bits per heavy atom. The van der Waals surface area contributed by atoms with E-state index in [0.29, 0.717) is 22.6 Å². The first-order valence-electron chi connectivity index (χ1n) is 9.59. The average molecular weight is 418 g/mol. The maximum atomic E-state index is 12.9. The van der Waals surface area contributed by atoms with Crippen LogP contribution in [0, 0.1) is 0 Å². The largest absolute Gasteiger partial charge is 0.497 e. The van der Waals surface area contributed by atoms with Gasteiger partial charge >= 0.3 is 5.97 Å². The van der Waals surface area contributed by atoms with Crippen molar-refractivity contribution in [3.05, 3.63) is 96.1 Å². The second-order valence-electron chi connectivity index (χ2n) is 6.55. The summed E-state index contributed by atoms with van der Waals surface area (Å²) in [5.41, 5.74) is 1.46. The number of amides is 2. The van der Waals surface area contributed by atoms with Crippen LogP contribution in [-0.4, -0.2) is 31.4 Å². The number of benzene rings is 3. The van der Waals surface area contributed by atoms with Crippen LogP contribution < -0.4 is 15.4 Å². The lowest BCUT2D eigenvalue weighted by molar-refractivity contribution is -0.153. The Morgan fingerprint density at radius 1 is 0.839 bits per heavy atom. The van der Waals surface area contributed by atoms with Gasteiger partial charge in [-0.2, -0.15) is 0 Å². The van der Waals surface area contributed by atoms with E-state index in [0.717, 1.165) is 0 Å². The van der Waals surface area contributed by atoms with Gasteiger partial charge in [0, 0.05) is 16.8 Å². The van der Waals surface area contributed by atoms with Gasteiger partial charge in [-0.25, -0.2) is 0 Å². The standard InChI is InChI=1S/C24H22N2O5/c1-30-20-14-12-19(13-15-20)26-24(29)22(17-8-4-2-5-9-17)31-21(27)16-25-23(28)18-10-6-3-7-11-18/h2-15,22H,16H2,1H3,(H,25,28)(H,26,29). The van der Waals surface area contributed by atoms with Crippen molar-refractivity contribution in [2.24, 2.45) is 0 Å². The van der Waals surface area contributed by atoms with E-state index in [1.165, 1.54) is 0 Å². The summed E-state index contributed by atoms with van der Waals surface area (Å²) in [4.78, 5) is 37.3. The summed E-state index contributed by atoms with van der Waals surface area (Å²) < 4.78 is 10.5. The van der Waals surface area contributed by atoms with Gasteiger partial charge in [0.2, 0.25) is 6.10 Å². The molecular formula is C24H22N2O5. The zero-order chi connectivity index (χ0) is 22.1. The van der Waals surface area contributed by atoms with Crippen LogP contribution in [0.3, 0.4) is 0 Å². The minimum atomic E-state index is -1.18. The highest BCUT2D eigenvalue weighted by atomic mass is 16.5. The molecule has 0 saturated heterocycles. The van der Waals surface area contributed by atoms with E-state index in [-0.39, 0.29) is 6.54 Å². The lowest BCUT2D eigenvalue weighted by Crippen LogP contribution is -2.33. The number of anilines is 1. The molecule has 2 N–H and O–H groups in total. The van der Waals surface area contributed by atoms with Crippen LogP contribution in [0.15, 0.2) is 84.9 Å². The number of nitrogens with one attached hydrogen (secondary N) is 2. The molecule has 0 aliphatic rings. The van der Waals surface area contributed by atoms with E-state index < -0.39 is 23.9 Å². The maximum Gasteiger partial charge on any atom is 0.326 e. The predicted molar refractivity (Wildman–Crippen MR) is 116 cm³/mol. The van der Waals surface area contributed by atoms with Gasteiger partial charge in [-0.3, -0.25) is 14.4 Å². The topological polar surface area (TPSA) is 93.7 Å². The lowest BCUT2D eigenvalue weighted by atomic mass is 10.1. The third-order valence-electron chi connectivity index (χ3n) is 4.38. The average Bonchev–Trinajstić information content (AvgIpc) is 2.82. The molecule has 0 aromatic heterocycles. The highest BCUT2D eigenvalue weighted by Crippen LogP contribution is 2.21. The first-order valence-corrected chi connectivity index (χ1v) is 9.59. The molecule has 0 heterocycles. The first kappa shape index (κ1) is 21.6. The predicted octanol–water partition coefficient (Wildman–Crippen LogP) is 3.35. The van der Waals surface area contributed by atoms with E-state index in [9.17, 15) is 14.4 Å². The Hall–Kier alpha value is -4.13. The molecule has 0 bridgehead atoms. The Bertz CT molecular complexity index is 1020. The van der Waals surface area contributed by atoms with Crippen molar-refractivity contribution >= 4 is 23.5 Å². The highest BCUT2D eigenvalue weighted by molar-refractivity contribution is 5.97. The summed E-state index contributed by atoms with van der Waals surface area (Å²) >= 11 is 0. The first-order chi connectivity index (χ1) is 15.1. The zero-order valence-electron chi connectivity index (χ0n) is 16.9. The molecule has 3 rings (SSSR count). The number of rotatable bonds is 8. The molecule has 158 valence electrons. The minimum Gasteiger partial charge on any atom is -0.497 e. The number of carbonyl (C=O) groups excluding carboxylic acids is 3. The molecule has 3 aromatic rings. The molecule has 0 aliphatic heterocycles. The number of methoxy groups -OCH3 is 1. The van der Waals surface area contributed by atoms with Gasteiger partial charge in [-0.1, -0.05) is 48.5 Å². The normalized spacial score (nSPS) is 11.1. The lowest BCUT2D eigenvalue weighted by Gasteiger charge is -2.18. The smallest absolute Gasteiger partial charge is 0.326 e. The van der Waals surface area contributed by atoms with Crippen LogP contribution in [0.4, 0.5) is 5.69 Å². The fraction of sp³-hybridized carbons (Fsp3) is 0.125. The van der Waals surface area contributed by atoms with Crippen LogP contribution in [0.5, 0.6) is 5.75 Å². The van der Waals surface area contributed by atoms with Crippen LogP contribution in [0.1, 0.15) is 22.0 Å². The van der Waals surface area contributed by atoms with Crippen molar-refractivity contribution in [2.75, 3.05) is 19.0 Å². The second kappa shape index (κ2) is 10.6. The fourth-order valence-corrected chi connectivity index (χ4v) is 2.80. The van der Waals surface area contributed by atoms with Crippen LogP contribution in [-0.2, 0) is 14.3 Å². The van der Waals surface area contributed by atoms with Crippen LogP contribution >= 0.6 is 0 Å². The third kappa shape index (κ3) is 6.17. The summed E-state index contributed by atoms with van der Waals surface area (Å²) in [5, 5.41) is 5.23. The SMILES string of the molecule is COc1ccc(NC(=O)C(OC(=O)CNC(=O)c2ccccc2)c2ccccc2)cc1. The fourth-order valence-electron chi connectivity index (χ4n) is 2.80. The molecule has 31 heavy (non-hydrogen) atoms. The molecule has 7 nitrogen and oxygen atoms in total. The van der Waals surface area contributed by atoms with E-state index in [1.807, 2.05) is 0 Å². The van der Waals surface area contributed by atoms with E-state index in [1.54, 1.807) is 92.0 Å².